The van der Waals surface area contributed by atoms with Crippen LogP contribution in [0.1, 0.15) is 18.5 Å². The Morgan fingerprint density at radius 2 is 1.71 bits per heavy atom. The molecule has 0 aliphatic rings. The number of hydrazine groups is 1. The molecular formula is C14H16FN3O2S. The minimum atomic E-state index is -3.73. The standard InChI is InChI=1S/C14H16FN3O2S/c1-10(13-4-2-3-5-14(13)15)18-21(19,20)12-8-6-11(17-16)7-9-12/h2-10,17-18H,16H2,1H3. The highest BCUT2D eigenvalue weighted by molar-refractivity contribution is 7.89. The van der Waals surface area contributed by atoms with Crippen LogP contribution in [-0.2, 0) is 10.0 Å². The van der Waals surface area contributed by atoms with Crippen LogP contribution in [0.3, 0.4) is 0 Å². The van der Waals surface area contributed by atoms with E-state index in [0.29, 0.717) is 11.3 Å². The van der Waals surface area contributed by atoms with Gasteiger partial charge >= 0.3 is 0 Å². The summed E-state index contributed by atoms with van der Waals surface area (Å²) in [5.41, 5.74) is 3.30. The van der Waals surface area contributed by atoms with Gasteiger partial charge in [0.2, 0.25) is 10.0 Å². The van der Waals surface area contributed by atoms with E-state index in [-0.39, 0.29) is 4.90 Å². The van der Waals surface area contributed by atoms with Gasteiger partial charge in [-0.05, 0) is 37.3 Å². The zero-order valence-electron chi connectivity index (χ0n) is 11.4. The van der Waals surface area contributed by atoms with E-state index >= 15 is 0 Å². The molecule has 2 aromatic carbocycles. The van der Waals surface area contributed by atoms with Crippen LogP contribution in [0.15, 0.2) is 53.4 Å². The van der Waals surface area contributed by atoms with Gasteiger partial charge in [-0.25, -0.2) is 17.5 Å². The quantitative estimate of drug-likeness (QED) is 0.583. The second-order valence-electron chi connectivity index (χ2n) is 4.53. The average Bonchev–Trinajstić information content (AvgIpc) is 2.47. The van der Waals surface area contributed by atoms with Gasteiger partial charge in [0.05, 0.1) is 4.90 Å². The second kappa shape index (κ2) is 6.21. The van der Waals surface area contributed by atoms with Crippen molar-refractivity contribution in [1.82, 2.24) is 4.72 Å². The highest BCUT2D eigenvalue weighted by Crippen LogP contribution is 2.20. The highest BCUT2D eigenvalue weighted by Gasteiger charge is 2.20. The van der Waals surface area contributed by atoms with Gasteiger partial charge < -0.3 is 5.43 Å². The summed E-state index contributed by atoms with van der Waals surface area (Å²) in [5.74, 6) is 4.78. The molecule has 0 saturated carbocycles. The van der Waals surface area contributed by atoms with Crippen LogP contribution < -0.4 is 16.0 Å². The number of rotatable bonds is 5. The third kappa shape index (κ3) is 3.57. The number of anilines is 1. The largest absolute Gasteiger partial charge is 0.324 e. The van der Waals surface area contributed by atoms with Gasteiger partial charge in [0.1, 0.15) is 5.82 Å². The van der Waals surface area contributed by atoms with E-state index in [4.69, 9.17) is 5.84 Å². The van der Waals surface area contributed by atoms with Gasteiger partial charge in [0.15, 0.2) is 0 Å². The molecule has 0 bridgehead atoms. The summed E-state index contributed by atoms with van der Waals surface area (Å²) >= 11 is 0. The number of halogens is 1. The summed E-state index contributed by atoms with van der Waals surface area (Å²) in [5, 5.41) is 0. The molecular weight excluding hydrogens is 293 g/mol. The third-order valence-corrected chi connectivity index (χ3v) is 4.59. The summed E-state index contributed by atoms with van der Waals surface area (Å²) in [6, 6.07) is 11.3. The summed E-state index contributed by atoms with van der Waals surface area (Å²) in [6.45, 7) is 1.59. The maximum atomic E-state index is 13.7. The first-order valence-electron chi connectivity index (χ1n) is 6.27. The molecule has 0 aromatic heterocycles. The second-order valence-corrected chi connectivity index (χ2v) is 6.25. The summed E-state index contributed by atoms with van der Waals surface area (Å²) in [6.07, 6.45) is 0. The van der Waals surface area contributed by atoms with E-state index in [2.05, 4.69) is 10.1 Å². The van der Waals surface area contributed by atoms with E-state index in [1.54, 1.807) is 37.3 Å². The first-order chi connectivity index (χ1) is 9.94. The van der Waals surface area contributed by atoms with Gasteiger partial charge in [0.25, 0.3) is 0 Å². The fraction of sp³-hybridized carbons (Fsp3) is 0.143. The molecule has 0 aliphatic heterocycles. The Hall–Kier alpha value is -1.96. The summed E-state index contributed by atoms with van der Waals surface area (Å²) < 4.78 is 40.6. The summed E-state index contributed by atoms with van der Waals surface area (Å²) in [4.78, 5) is 0.0877. The van der Waals surface area contributed by atoms with Crippen LogP contribution in [0.5, 0.6) is 0 Å². The summed E-state index contributed by atoms with van der Waals surface area (Å²) in [7, 11) is -3.73. The molecule has 1 atom stereocenters. The lowest BCUT2D eigenvalue weighted by Crippen LogP contribution is -2.27. The van der Waals surface area contributed by atoms with Crippen molar-refractivity contribution in [3.63, 3.8) is 0 Å². The number of nitrogens with two attached hydrogens (primary N) is 1. The van der Waals surface area contributed by atoms with Crippen molar-refractivity contribution in [1.29, 1.82) is 0 Å². The minimum absolute atomic E-state index is 0.0877. The molecule has 0 aliphatic carbocycles. The molecule has 5 nitrogen and oxygen atoms in total. The van der Waals surface area contributed by atoms with Crippen molar-refractivity contribution in [3.05, 3.63) is 59.9 Å². The Morgan fingerprint density at radius 1 is 1.10 bits per heavy atom. The Balaban J connectivity index is 2.22. The smallest absolute Gasteiger partial charge is 0.241 e. The lowest BCUT2D eigenvalue weighted by molar-refractivity contribution is 0.550. The van der Waals surface area contributed by atoms with Crippen LogP contribution in [0.4, 0.5) is 10.1 Å². The molecule has 2 aromatic rings. The maximum absolute atomic E-state index is 13.7. The SMILES string of the molecule is CC(NS(=O)(=O)c1ccc(NN)cc1)c1ccccc1F. The van der Waals surface area contributed by atoms with Crippen molar-refractivity contribution in [2.75, 3.05) is 5.43 Å². The topological polar surface area (TPSA) is 84.2 Å². The van der Waals surface area contributed by atoms with Crippen LogP contribution in [-0.4, -0.2) is 8.42 Å². The molecule has 1 unspecified atom stereocenters. The van der Waals surface area contributed by atoms with Crippen LogP contribution in [0.25, 0.3) is 0 Å². The molecule has 0 fully saturated rings. The van der Waals surface area contributed by atoms with Gasteiger partial charge in [0, 0.05) is 17.3 Å². The van der Waals surface area contributed by atoms with Crippen molar-refractivity contribution in [2.24, 2.45) is 5.84 Å². The molecule has 112 valence electrons. The van der Waals surface area contributed by atoms with Crippen molar-refractivity contribution >= 4 is 15.7 Å². The molecule has 0 amide bonds. The van der Waals surface area contributed by atoms with Crippen LogP contribution >= 0.6 is 0 Å². The highest BCUT2D eigenvalue weighted by atomic mass is 32.2. The van der Waals surface area contributed by atoms with E-state index in [9.17, 15) is 12.8 Å². The predicted molar refractivity (Wildman–Crippen MR) is 79.4 cm³/mol. The molecule has 7 heteroatoms. The Bertz CT molecular complexity index is 717. The molecule has 0 spiro atoms. The fourth-order valence-electron chi connectivity index (χ4n) is 1.92. The van der Waals surface area contributed by atoms with Crippen molar-refractivity contribution in [2.45, 2.75) is 17.9 Å². The number of nitrogen functional groups attached to an aromatic ring is 1. The first kappa shape index (κ1) is 15.4. The number of benzene rings is 2. The molecule has 21 heavy (non-hydrogen) atoms. The van der Waals surface area contributed by atoms with E-state index in [1.165, 1.54) is 18.2 Å². The monoisotopic (exact) mass is 309 g/mol. The van der Waals surface area contributed by atoms with Gasteiger partial charge in [-0.15, -0.1) is 0 Å². The molecule has 4 N–H and O–H groups in total. The van der Waals surface area contributed by atoms with Crippen molar-refractivity contribution in [3.8, 4) is 0 Å². The Labute approximate surface area is 123 Å². The van der Waals surface area contributed by atoms with Crippen LogP contribution in [0.2, 0.25) is 0 Å². The molecule has 0 radical (unpaired) electrons. The fourth-order valence-corrected chi connectivity index (χ4v) is 3.14. The zero-order valence-corrected chi connectivity index (χ0v) is 12.2. The lowest BCUT2D eigenvalue weighted by Gasteiger charge is -2.15. The average molecular weight is 309 g/mol. The zero-order chi connectivity index (χ0) is 15.5. The van der Waals surface area contributed by atoms with E-state index < -0.39 is 21.9 Å². The molecule has 2 rings (SSSR count). The molecule has 0 heterocycles. The van der Waals surface area contributed by atoms with E-state index in [1.807, 2.05) is 0 Å². The van der Waals surface area contributed by atoms with Crippen LogP contribution in [0, 0.1) is 5.82 Å². The maximum Gasteiger partial charge on any atom is 0.241 e. The number of hydrogen-bond acceptors (Lipinski definition) is 4. The van der Waals surface area contributed by atoms with Gasteiger partial charge in [-0.1, -0.05) is 18.2 Å². The van der Waals surface area contributed by atoms with Crippen molar-refractivity contribution < 1.29 is 12.8 Å². The Kier molecular flexibility index (Phi) is 4.56. The minimum Gasteiger partial charge on any atom is -0.324 e. The normalized spacial score (nSPS) is 12.9. The third-order valence-electron chi connectivity index (χ3n) is 3.03. The lowest BCUT2D eigenvalue weighted by atomic mass is 10.1. The first-order valence-corrected chi connectivity index (χ1v) is 7.76. The number of hydrogen-bond donors (Lipinski definition) is 3. The number of nitrogens with one attached hydrogen (secondary N) is 2. The predicted octanol–water partition coefficient (Wildman–Crippen LogP) is 2.15. The number of sulfonamides is 1. The Morgan fingerprint density at radius 3 is 2.29 bits per heavy atom. The van der Waals surface area contributed by atoms with Gasteiger partial charge in [-0.3, -0.25) is 5.84 Å². The van der Waals surface area contributed by atoms with E-state index in [0.717, 1.165) is 0 Å². The van der Waals surface area contributed by atoms with Gasteiger partial charge in [-0.2, -0.15) is 0 Å². The molecule has 0 saturated heterocycles.